The third-order valence-electron chi connectivity index (χ3n) is 5.67. The molecule has 0 saturated carbocycles. The van der Waals surface area contributed by atoms with Crippen molar-refractivity contribution < 1.29 is 57.2 Å². The van der Waals surface area contributed by atoms with E-state index >= 15 is 0 Å². The van der Waals surface area contributed by atoms with Gasteiger partial charge < -0.3 is 15.2 Å². The van der Waals surface area contributed by atoms with Crippen LogP contribution in [-0.4, -0.2) is 26.0 Å². The molecule has 1 amide bonds. The van der Waals surface area contributed by atoms with Crippen molar-refractivity contribution in [3.8, 4) is 11.5 Å². The van der Waals surface area contributed by atoms with E-state index in [4.69, 9.17) is 27.9 Å². The molecule has 0 aliphatic carbocycles. The largest absolute Gasteiger partial charge is 1.00 e. The summed E-state index contributed by atoms with van der Waals surface area (Å²) in [5.41, 5.74) is 0.00822. The minimum Gasteiger partial charge on any atom is -0.870 e. The number of amides is 1. The molecule has 0 bridgehead atoms. The number of benzene rings is 4. The van der Waals surface area contributed by atoms with Gasteiger partial charge >= 0.3 is 29.6 Å². The van der Waals surface area contributed by atoms with E-state index in [1.54, 1.807) is 37.3 Å². The van der Waals surface area contributed by atoms with Gasteiger partial charge in [0, 0.05) is 17.0 Å². The summed E-state index contributed by atoms with van der Waals surface area (Å²) < 4.78 is 38.9. The standard InChI is InChI=1S/C26H21Cl2N3O6S.Na/c1-3-14-10-20(28)24(22(11-14)38(34,35)36)31-30-23-17-7-5-4-6-15(17)12-18(25(23)32)26(33)29-21-9-8-16(37-2)13-19(21)27;/h4-13,32H,3H2,1-2H3,(H,29,33)(H,34,35,36);/q;+1/p-1. The number of methoxy groups -OCH3 is 1. The van der Waals surface area contributed by atoms with E-state index in [1.807, 2.05) is 0 Å². The van der Waals surface area contributed by atoms with Crippen molar-refractivity contribution in [3.05, 3.63) is 81.8 Å². The molecule has 0 aromatic heterocycles. The summed E-state index contributed by atoms with van der Waals surface area (Å²) in [5.74, 6) is -1.02. The first-order valence-electron chi connectivity index (χ1n) is 11.1. The molecule has 0 aliphatic heterocycles. The van der Waals surface area contributed by atoms with Gasteiger partial charge in [0.15, 0.2) is 0 Å². The van der Waals surface area contributed by atoms with Gasteiger partial charge in [0.05, 0.1) is 28.5 Å². The third-order valence-corrected chi connectivity index (χ3v) is 7.14. The third kappa shape index (κ3) is 6.72. The fraction of sp³-hybridized carbons (Fsp3) is 0.115. The van der Waals surface area contributed by atoms with Gasteiger partial charge in [0.25, 0.3) is 16.0 Å². The van der Waals surface area contributed by atoms with E-state index in [0.29, 0.717) is 28.5 Å². The number of hydrogen-bond donors (Lipinski definition) is 2. The van der Waals surface area contributed by atoms with Crippen LogP contribution in [0.2, 0.25) is 10.0 Å². The number of anilines is 1. The zero-order chi connectivity index (χ0) is 27.6. The Morgan fingerprint density at radius 3 is 2.36 bits per heavy atom. The van der Waals surface area contributed by atoms with E-state index in [9.17, 15) is 22.9 Å². The van der Waals surface area contributed by atoms with Crippen molar-refractivity contribution >= 4 is 67.1 Å². The van der Waals surface area contributed by atoms with Gasteiger partial charge in [-0.05, 0) is 47.7 Å². The summed E-state index contributed by atoms with van der Waals surface area (Å²) in [4.78, 5) is 12.6. The van der Waals surface area contributed by atoms with Crippen LogP contribution in [0.15, 0.2) is 75.8 Å². The number of nitrogens with one attached hydrogen (secondary N) is 1. The van der Waals surface area contributed by atoms with Crippen LogP contribution >= 0.6 is 23.2 Å². The molecule has 4 rings (SSSR count). The number of ether oxygens (including phenoxy) is 1. The smallest absolute Gasteiger partial charge is 0.870 e. The second-order valence-electron chi connectivity index (χ2n) is 8.08. The average Bonchev–Trinajstić information content (AvgIpc) is 2.88. The number of carbonyl (C=O) groups is 1. The van der Waals surface area contributed by atoms with Gasteiger partial charge in [-0.25, -0.2) is 0 Å². The summed E-state index contributed by atoms with van der Waals surface area (Å²) in [6.45, 7) is 1.78. The molecule has 0 fully saturated rings. The molecule has 0 unspecified atom stereocenters. The van der Waals surface area contributed by atoms with Gasteiger partial charge in [-0.15, -0.1) is 5.11 Å². The second kappa shape index (κ2) is 12.6. The van der Waals surface area contributed by atoms with Crippen molar-refractivity contribution in [2.75, 3.05) is 12.4 Å². The maximum Gasteiger partial charge on any atom is 1.00 e. The van der Waals surface area contributed by atoms with Crippen molar-refractivity contribution in [3.63, 3.8) is 0 Å². The Morgan fingerprint density at radius 2 is 1.72 bits per heavy atom. The van der Waals surface area contributed by atoms with Gasteiger partial charge in [0.2, 0.25) is 0 Å². The van der Waals surface area contributed by atoms with E-state index in [2.05, 4.69) is 15.5 Å². The molecule has 39 heavy (non-hydrogen) atoms. The van der Waals surface area contributed by atoms with Crippen molar-refractivity contribution in [2.45, 2.75) is 18.2 Å². The summed E-state index contributed by atoms with van der Waals surface area (Å²) in [6, 6.07) is 15.4. The molecule has 9 nitrogen and oxygen atoms in total. The molecule has 0 heterocycles. The molecule has 2 N–H and O–H groups in total. The Bertz CT molecular complexity index is 1710. The summed E-state index contributed by atoms with van der Waals surface area (Å²) in [5, 5.41) is 25.0. The van der Waals surface area contributed by atoms with Crippen LogP contribution in [0, 0.1) is 0 Å². The molecule has 4 aromatic carbocycles. The molecular weight excluding hydrogens is 576 g/mol. The molecule has 0 spiro atoms. The zero-order valence-corrected chi connectivity index (χ0v) is 25.4. The van der Waals surface area contributed by atoms with Crippen LogP contribution in [-0.2, 0) is 16.5 Å². The molecule has 13 heteroatoms. The van der Waals surface area contributed by atoms with Crippen molar-refractivity contribution in [1.82, 2.24) is 0 Å². The Hall–Kier alpha value is -2.70. The summed E-state index contributed by atoms with van der Waals surface area (Å²) in [7, 11) is -3.24. The normalized spacial score (nSPS) is 11.4. The van der Waals surface area contributed by atoms with Crippen LogP contribution < -0.4 is 44.7 Å². The predicted molar refractivity (Wildman–Crippen MR) is 144 cm³/mol. The first kappa shape index (κ1) is 30.8. The van der Waals surface area contributed by atoms with Gasteiger partial charge in [-0.1, -0.05) is 60.1 Å². The van der Waals surface area contributed by atoms with Crippen LogP contribution in [0.4, 0.5) is 17.1 Å². The number of aryl methyl sites for hydroxylation is 1. The maximum atomic E-state index is 13.4. The number of hydrogen-bond acceptors (Lipinski definition) is 7. The number of halogens is 2. The Labute approximate surface area is 256 Å². The molecule has 196 valence electrons. The predicted octanol–water partition coefficient (Wildman–Crippen LogP) is 3.71. The van der Waals surface area contributed by atoms with E-state index in [-0.39, 0.29) is 62.2 Å². The quantitative estimate of drug-likeness (QED) is 0.189. The summed E-state index contributed by atoms with van der Waals surface area (Å²) in [6.07, 6.45) is 0.449. The van der Waals surface area contributed by atoms with Crippen LogP contribution in [0.1, 0.15) is 22.8 Å². The van der Waals surface area contributed by atoms with E-state index in [0.717, 1.165) is 0 Å². The van der Waals surface area contributed by atoms with Crippen LogP contribution in [0.3, 0.4) is 0 Å². The number of fused-ring (bicyclic) bond motifs is 1. The van der Waals surface area contributed by atoms with Crippen LogP contribution in [0.25, 0.3) is 10.8 Å². The SMILES string of the molecule is CCc1cc(Cl)c(N=Nc2c([O-])c(C(=O)Nc3ccc(OC)cc3Cl)cc3ccccc23)c(S(=O)(=O)O)c1.[Na+]. The van der Waals surface area contributed by atoms with Crippen LogP contribution in [0.5, 0.6) is 11.5 Å². The van der Waals surface area contributed by atoms with Gasteiger partial charge in [-0.3, -0.25) is 9.35 Å². The van der Waals surface area contributed by atoms with Gasteiger partial charge in [0.1, 0.15) is 16.3 Å². The summed E-state index contributed by atoms with van der Waals surface area (Å²) >= 11 is 12.5. The minimum absolute atomic E-state index is 0. The first-order valence-corrected chi connectivity index (χ1v) is 13.3. The number of carbonyl (C=O) groups excluding carboxylic acids is 1. The number of rotatable bonds is 7. The molecule has 0 saturated heterocycles. The number of azo groups is 1. The van der Waals surface area contributed by atoms with Crippen molar-refractivity contribution in [1.29, 1.82) is 0 Å². The fourth-order valence-corrected chi connectivity index (χ4v) is 4.97. The molecule has 0 aliphatic rings. The first-order chi connectivity index (χ1) is 18.0. The maximum absolute atomic E-state index is 13.4. The Balaban J connectivity index is 0.00000420. The Kier molecular flexibility index (Phi) is 10.0. The second-order valence-corrected chi connectivity index (χ2v) is 10.3. The van der Waals surface area contributed by atoms with E-state index in [1.165, 1.54) is 37.4 Å². The minimum atomic E-state index is -4.71. The van der Waals surface area contributed by atoms with Gasteiger partial charge in [-0.2, -0.15) is 13.5 Å². The fourth-order valence-electron chi connectivity index (χ4n) is 3.72. The van der Waals surface area contributed by atoms with E-state index < -0.39 is 26.7 Å². The molecule has 0 radical (unpaired) electrons. The topological polar surface area (TPSA) is 140 Å². The number of nitrogens with zero attached hydrogens (tertiary/aromatic N) is 2. The monoisotopic (exact) mass is 595 g/mol. The molecule has 4 aromatic rings. The zero-order valence-electron chi connectivity index (χ0n) is 21.0. The molecule has 0 atom stereocenters. The van der Waals surface area contributed by atoms with Crippen molar-refractivity contribution in [2.24, 2.45) is 10.2 Å². The Morgan fingerprint density at radius 1 is 1.03 bits per heavy atom. The average molecular weight is 596 g/mol. The molecular formula is C26H20Cl2N3NaO6S.